The molecule has 0 saturated carbocycles. The molecule has 1 N–H and O–H groups in total. The Hall–Kier alpha value is -2.97. The van der Waals surface area contributed by atoms with E-state index in [4.69, 9.17) is 4.42 Å². The van der Waals surface area contributed by atoms with Crippen LogP contribution in [0.2, 0.25) is 0 Å². The van der Waals surface area contributed by atoms with Crippen LogP contribution in [0, 0.1) is 0 Å². The monoisotopic (exact) mass is 437 g/mol. The minimum absolute atomic E-state index is 0.0486. The number of rotatable bonds is 4. The molecule has 8 heteroatoms. The van der Waals surface area contributed by atoms with Gasteiger partial charge in [0.05, 0.1) is 10.2 Å². The summed E-state index contributed by atoms with van der Waals surface area (Å²) in [5.74, 6) is 0.764. The number of thiazole rings is 1. The summed E-state index contributed by atoms with van der Waals surface area (Å²) in [6, 6.07) is 13.3. The van der Waals surface area contributed by atoms with E-state index < -0.39 is 0 Å². The van der Waals surface area contributed by atoms with E-state index in [1.807, 2.05) is 41.1 Å². The molecule has 30 heavy (non-hydrogen) atoms. The predicted octanol–water partition coefficient (Wildman–Crippen LogP) is 4.65. The van der Waals surface area contributed by atoms with Crippen molar-refractivity contribution in [2.75, 3.05) is 13.1 Å². The maximum absolute atomic E-state index is 12.9. The zero-order chi connectivity index (χ0) is 20.5. The van der Waals surface area contributed by atoms with Crippen LogP contribution in [0.25, 0.3) is 21.0 Å². The van der Waals surface area contributed by atoms with E-state index in [-0.39, 0.29) is 17.9 Å². The number of amides is 2. The Balaban J connectivity index is 1.21. The van der Waals surface area contributed by atoms with Gasteiger partial charge in [-0.05, 0) is 48.6 Å². The van der Waals surface area contributed by atoms with Gasteiger partial charge in [-0.15, -0.1) is 11.3 Å². The molecular formula is C22H19N3O3S2. The quantitative estimate of drug-likeness (QED) is 0.504. The first-order valence-corrected chi connectivity index (χ1v) is 11.5. The summed E-state index contributed by atoms with van der Waals surface area (Å²) in [7, 11) is 0. The van der Waals surface area contributed by atoms with E-state index in [0.717, 1.165) is 28.1 Å². The fraction of sp³-hybridized carbons (Fsp3) is 0.227. The second-order valence-electron chi connectivity index (χ2n) is 7.20. The molecule has 0 spiro atoms. The minimum Gasteiger partial charge on any atom is -0.448 e. The maximum atomic E-state index is 12.9. The maximum Gasteiger partial charge on any atom is 0.289 e. The Labute approximate surface area is 181 Å². The summed E-state index contributed by atoms with van der Waals surface area (Å²) in [4.78, 5) is 31.4. The minimum atomic E-state index is -0.120. The van der Waals surface area contributed by atoms with Crippen LogP contribution in [0.15, 0.2) is 57.6 Å². The number of fused-ring (bicyclic) bond motifs is 1. The average molecular weight is 438 g/mol. The Morgan fingerprint density at radius 2 is 1.93 bits per heavy atom. The highest BCUT2D eigenvalue weighted by atomic mass is 32.1. The first-order chi connectivity index (χ1) is 14.7. The summed E-state index contributed by atoms with van der Waals surface area (Å²) >= 11 is 3.05. The number of hydrogen-bond acceptors (Lipinski definition) is 6. The van der Waals surface area contributed by atoms with Gasteiger partial charge in [-0.2, -0.15) is 11.3 Å². The normalized spacial score (nSPS) is 14.9. The number of aromatic nitrogens is 1. The van der Waals surface area contributed by atoms with Crippen LogP contribution in [-0.2, 0) is 0 Å². The number of furan rings is 1. The smallest absolute Gasteiger partial charge is 0.289 e. The summed E-state index contributed by atoms with van der Waals surface area (Å²) in [5, 5.41) is 7.56. The SMILES string of the molecule is O=C(NC1CCN(C(=O)c2ccc(-c3nc4ccccc4s3)o2)CC1)c1ccsc1. The second-order valence-corrected chi connectivity index (χ2v) is 9.01. The van der Waals surface area contributed by atoms with Crippen molar-refractivity contribution in [3.8, 4) is 10.8 Å². The van der Waals surface area contributed by atoms with Crippen molar-refractivity contribution in [1.82, 2.24) is 15.2 Å². The molecule has 1 aliphatic rings. The van der Waals surface area contributed by atoms with E-state index in [9.17, 15) is 9.59 Å². The molecule has 0 radical (unpaired) electrons. The van der Waals surface area contributed by atoms with Crippen LogP contribution in [0.4, 0.5) is 0 Å². The van der Waals surface area contributed by atoms with E-state index in [1.165, 1.54) is 11.3 Å². The summed E-state index contributed by atoms with van der Waals surface area (Å²) in [6.07, 6.45) is 1.46. The number of nitrogens with one attached hydrogen (secondary N) is 1. The van der Waals surface area contributed by atoms with Gasteiger partial charge in [0.15, 0.2) is 16.5 Å². The number of likely N-dealkylation sites (tertiary alicyclic amines) is 1. The third-order valence-corrected chi connectivity index (χ3v) is 6.96. The van der Waals surface area contributed by atoms with Crippen LogP contribution in [0.1, 0.15) is 33.8 Å². The van der Waals surface area contributed by atoms with Crippen LogP contribution in [-0.4, -0.2) is 40.8 Å². The lowest BCUT2D eigenvalue weighted by molar-refractivity contribution is 0.0668. The van der Waals surface area contributed by atoms with Crippen molar-refractivity contribution in [2.45, 2.75) is 18.9 Å². The van der Waals surface area contributed by atoms with Gasteiger partial charge in [0.25, 0.3) is 11.8 Å². The summed E-state index contributed by atoms with van der Waals surface area (Å²) in [6.45, 7) is 1.18. The Morgan fingerprint density at radius 1 is 1.10 bits per heavy atom. The molecule has 0 bridgehead atoms. The van der Waals surface area contributed by atoms with Gasteiger partial charge in [-0.1, -0.05) is 12.1 Å². The summed E-state index contributed by atoms with van der Waals surface area (Å²) in [5.41, 5.74) is 1.62. The van der Waals surface area contributed by atoms with Gasteiger partial charge in [0.1, 0.15) is 0 Å². The second kappa shape index (κ2) is 8.04. The molecule has 4 aromatic rings. The van der Waals surface area contributed by atoms with Gasteiger partial charge in [-0.3, -0.25) is 9.59 Å². The van der Waals surface area contributed by atoms with E-state index >= 15 is 0 Å². The molecule has 2 amide bonds. The van der Waals surface area contributed by atoms with E-state index in [1.54, 1.807) is 28.4 Å². The average Bonchev–Trinajstić information content (AvgIpc) is 3.54. The van der Waals surface area contributed by atoms with Gasteiger partial charge >= 0.3 is 0 Å². The van der Waals surface area contributed by atoms with Crippen molar-refractivity contribution in [3.05, 3.63) is 64.5 Å². The first kappa shape index (κ1) is 19.0. The largest absolute Gasteiger partial charge is 0.448 e. The highest BCUT2D eigenvalue weighted by Crippen LogP contribution is 2.31. The van der Waals surface area contributed by atoms with Crippen LogP contribution >= 0.6 is 22.7 Å². The van der Waals surface area contributed by atoms with Crippen LogP contribution in [0.5, 0.6) is 0 Å². The number of piperidine rings is 1. The van der Waals surface area contributed by atoms with Crippen molar-refractivity contribution in [1.29, 1.82) is 0 Å². The lowest BCUT2D eigenvalue weighted by Crippen LogP contribution is -2.46. The molecule has 152 valence electrons. The number of para-hydroxylation sites is 1. The topological polar surface area (TPSA) is 75.4 Å². The van der Waals surface area contributed by atoms with Crippen molar-refractivity contribution >= 4 is 44.7 Å². The molecule has 5 rings (SSSR count). The number of nitrogens with zero attached hydrogens (tertiary/aromatic N) is 2. The van der Waals surface area contributed by atoms with E-state index in [2.05, 4.69) is 10.3 Å². The lowest BCUT2D eigenvalue weighted by atomic mass is 10.0. The van der Waals surface area contributed by atoms with Crippen molar-refractivity contribution < 1.29 is 14.0 Å². The van der Waals surface area contributed by atoms with Crippen LogP contribution < -0.4 is 5.32 Å². The Morgan fingerprint density at radius 3 is 2.70 bits per heavy atom. The van der Waals surface area contributed by atoms with Crippen molar-refractivity contribution in [2.24, 2.45) is 0 Å². The molecule has 1 fully saturated rings. The fourth-order valence-corrected chi connectivity index (χ4v) is 5.15. The number of carbonyl (C=O) groups is 2. The van der Waals surface area contributed by atoms with Gasteiger partial charge in [-0.25, -0.2) is 4.98 Å². The molecule has 4 heterocycles. The third-order valence-electron chi connectivity index (χ3n) is 5.22. The number of hydrogen-bond donors (Lipinski definition) is 1. The molecule has 6 nitrogen and oxygen atoms in total. The molecule has 3 aromatic heterocycles. The van der Waals surface area contributed by atoms with Crippen LogP contribution in [0.3, 0.4) is 0 Å². The number of benzene rings is 1. The molecule has 0 unspecified atom stereocenters. The molecule has 1 aliphatic heterocycles. The van der Waals surface area contributed by atoms with Gasteiger partial charge in [0, 0.05) is 30.1 Å². The number of carbonyl (C=O) groups excluding carboxylic acids is 2. The molecule has 1 aromatic carbocycles. The zero-order valence-corrected chi connectivity index (χ0v) is 17.7. The Bertz CT molecular complexity index is 1150. The molecule has 1 saturated heterocycles. The first-order valence-electron chi connectivity index (χ1n) is 9.75. The lowest BCUT2D eigenvalue weighted by Gasteiger charge is -2.31. The van der Waals surface area contributed by atoms with E-state index in [0.29, 0.717) is 30.2 Å². The Kier molecular flexibility index (Phi) is 5.10. The van der Waals surface area contributed by atoms with Gasteiger partial charge < -0.3 is 14.6 Å². The highest BCUT2D eigenvalue weighted by Gasteiger charge is 2.27. The highest BCUT2D eigenvalue weighted by molar-refractivity contribution is 7.21. The molecule has 0 aliphatic carbocycles. The fourth-order valence-electron chi connectivity index (χ4n) is 3.59. The summed E-state index contributed by atoms with van der Waals surface area (Å²) < 4.78 is 6.93. The molecule has 0 atom stereocenters. The number of thiophene rings is 1. The predicted molar refractivity (Wildman–Crippen MR) is 118 cm³/mol. The molecular weight excluding hydrogens is 418 g/mol. The standard InChI is InChI=1S/C22H19N3O3S2/c26-20(14-9-12-29-13-14)23-15-7-10-25(11-8-15)22(27)18-6-5-17(28-18)21-24-16-3-1-2-4-19(16)30-21/h1-6,9,12-13,15H,7-8,10-11H2,(H,23,26). The van der Waals surface area contributed by atoms with Crippen molar-refractivity contribution in [3.63, 3.8) is 0 Å². The van der Waals surface area contributed by atoms with Gasteiger partial charge in [0.2, 0.25) is 0 Å². The third kappa shape index (κ3) is 3.76. The zero-order valence-electron chi connectivity index (χ0n) is 16.0.